The Balaban J connectivity index is 1.92. The van der Waals surface area contributed by atoms with Crippen LogP contribution in [0.1, 0.15) is 70.4 Å². The van der Waals surface area contributed by atoms with E-state index in [1.807, 2.05) is 36.4 Å². The normalized spacial score (nSPS) is 11.3. The molecule has 0 bridgehead atoms. The predicted molar refractivity (Wildman–Crippen MR) is 151 cm³/mol. The number of aromatic nitrogens is 3. The Morgan fingerprint density at radius 3 is 2.27 bits per heavy atom. The molecule has 3 heterocycles. The summed E-state index contributed by atoms with van der Waals surface area (Å²) in [7, 11) is 0. The summed E-state index contributed by atoms with van der Waals surface area (Å²) >= 11 is 0. The van der Waals surface area contributed by atoms with E-state index in [1.54, 1.807) is 17.3 Å². The number of pyridine rings is 3. The van der Waals surface area contributed by atoms with Crippen LogP contribution < -0.4 is 15.8 Å². The van der Waals surface area contributed by atoms with Gasteiger partial charge in [0.1, 0.15) is 11.3 Å². The first-order valence-electron chi connectivity index (χ1n) is 13.0. The average molecular weight is 498 g/mol. The first-order valence-corrected chi connectivity index (χ1v) is 13.0. The van der Waals surface area contributed by atoms with E-state index in [1.165, 1.54) is 0 Å². The lowest BCUT2D eigenvalue weighted by Crippen LogP contribution is -2.40. The van der Waals surface area contributed by atoms with Gasteiger partial charge in [0.15, 0.2) is 0 Å². The van der Waals surface area contributed by atoms with Crippen molar-refractivity contribution >= 4 is 28.4 Å². The molecule has 0 radical (unpaired) electrons. The SMILES string of the molecule is CCCCN(C(=O)Nc1c(C(C)C)cccc1C(C)C)c1c(-c2ccccn2)c2cccnc2[nH]c1=O. The Kier molecular flexibility index (Phi) is 8.01. The van der Waals surface area contributed by atoms with Crippen molar-refractivity contribution in [3.05, 3.63) is 82.4 Å². The van der Waals surface area contributed by atoms with Crippen molar-refractivity contribution in [2.45, 2.75) is 59.3 Å². The fraction of sp³-hybridized carbons (Fsp3) is 0.333. The molecule has 3 aromatic heterocycles. The van der Waals surface area contributed by atoms with Gasteiger partial charge in [-0.1, -0.05) is 65.3 Å². The standard InChI is InChI=1S/C30H35N5O2/c1-6-7-18-35(30(37)33-26-21(19(2)3)12-10-13-22(26)20(4)5)27-25(24-15-8-9-16-31-24)23-14-11-17-32-28(23)34-29(27)36/h8-17,19-20H,6-7,18H2,1-5H3,(H,33,37)(H,32,34,36). The van der Waals surface area contributed by atoms with E-state index in [0.29, 0.717) is 23.4 Å². The van der Waals surface area contributed by atoms with Crippen LogP contribution in [0.3, 0.4) is 0 Å². The molecule has 0 aliphatic rings. The molecule has 0 atom stereocenters. The second kappa shape index (κ2) is 11.4. The fourth-order valence-corrected chi connectivity index (χ4v) is 4.64. The van der Waals surface area contributed by atoms with Gasteiger partial charge in [0, 0.05) is 35.6 Å². The zero-order valence-corrected chi connectivity index (χ0v) is 22.2. The second-order valence-corrected chi connectivity index (χ2v) is 9.85. The minimum absolute atomic E-state index is 0.220. The Bertz CT molecular complexity index is 1420. The van der Waals surface area contributed by atoms with E-state index in [9.17, 15) is 9.59 Å². The summed E-state index contributed by atoms with van der Waals surface area (Å²) in [6.07, 6.45) is 4.93. The van der Waals surface area contributed by atoms with Crippen molar-refractivity contribution < 1.29 is 4.79 Å². The number of aromatic amines is 1. The summed E-state index contributed by atoms with van der Waals surface area (Å²) < 4.78 is 0. The summed E-state index contributed by atoms with van der Waals surface area (Å²) in [5.41, 5.74) is 4.52. The molecule has 7 nitrogen and oxygen atoms in total. The summed E-state index contributed by atoms with van der Waals surface area (Å²) in [5.74, 6) is 0.439. The van der Waals surface area contributed by atoms with Crippen LogP contribution in [0.4, 0.5) is 16.2 Å². The number of nitrogens with one attached hydrogen (secondary N) is 2. The first kappa shape index (κ1) is 26.1. The van der Waals surface area contributed by atoms with Gasteiger partial charge in [-0.15, -0.1) is 0 Å². The topological polar surface area (TPSA) is 91.0 Å². The van der Waals surface area contributed by atoms with E-state index < -0.39 is 0 Å². The number of amides is 2. The molecule has 0 spiro atoms. The fourth-order valence-electron chi connectivity index (χ4n) is 4.64. The minimum atomic E-state index is -0.376. The third-order valence-corrected chi connectivity index (χ3v) is 6.54. The second-order valence-electron chi connectivity index (χ2n) is 9.85. The molecule has 2 amide bonds. The highest BCUT2D eigenvalue weighted by molar-refractivity contribution is 6.08. The molecular formula is C30H35N5O2. The molecule has 0 saturated heterocycles. The zero-order chi connectivity index (χ0) is 26.5. The molecule has 0 aliphatic heterocycles. The van der Waals surface area contributed by atoms with Crippen LogP contribution in [-0.2, 0) is 0 Å². The van der Waals surface area contributed by atoms with Crippen LogP contribution in [0, 0.1) is 0 Å². The molecule has 2 N–H and O–H groups in total. The number of H-pyrrole nitrogens is 1. The van der Waals surface area contributed by atoms with Crippen LogP contribution in [-0.4, -0.2) is 27.5 Å². The number of benzene rings is 1. The highest BCUT2D eigenvalue weighted by atomic mass is 16.2. The number of anilines is 2. The van der Waals surface area contributed by atoms with Crippen LogP contribution in [0.15, 0.2) is 65.7 Å². The molecule has 192 valence electrons. The van der Waals surface area contributed by atoms with Crippen LogP contribution in [0.2, 0.25) is 0 Å². The van der Waals surface area contributed by atoms with Crippen molar-refractivity contribution in [2.24, 2.45) is 0 Å². The average Bonchev–Trinajstić information content (AvgIpc) is 2.89. The maximum absolute atomic E-state index is 14.1. The van der Waals surface area contributed by atoms with E-state index >= 15 is 0 Å². The molecule has 7 heteroatoms. The van der Waals surface area contributed by atoms with Crippen LogP contribution in [0.5, 0.6) is 0 Å². The third-order valence-electron chi connectivity index (χ3n) is 6.54. The zero-order valence-electron chi connectivity index (χ0n) is 22.2. The quantitative estimate of drug-likeness (QED) is 0.272. The number of fused-ring (bicyclic) bond motifs is 1. The third kappa shape index (κ3) is 5.40. The van der Waals surface area contributed by atoms with Crippen LogP contribution >= 0.6 is 0 Å². The van der Waals surface area contributed by atoms with Gasteiger partial charge >= 0.3 is 6.03 Å². The number of para-hydroxylation sites is 1. The lowest BCUT2D eigenvalue weighted by Gasteiger charge is -2.27. The van der Waals surface area contributed by atoms with Crippen LogP contribution in [0.25, 0.3) is 22.3 Å². The summed E-state index contributed by atoms with van der Waals surface area (Å²) in [6, 6.07) is 15.1. The summed E-state index contributed by atoms with van der Waals surface area (Å²) in [6.45, 7) is 10.9. The number of urea groups is 1. The summed E-state index contributed by atoms with van der Waals surface area (Å²) in [4.78, 5) is 41.0. The van der Waals surface area contributed by atoms with Gasteiger partial charge in [0.05, 0.1) is 5.69 Å². The van der Waals surface area contributed by atoms with Gasteiger partial charge in [0.25, 0.3) is 5.56 Å². The molecule has 4 rings (SSSR count). The smallest absolute Gasteiger partial charge is 0.307 e. The van der Waals surface area contributed by atoms with Gasteiger partial charge in [-0.2, -0.15) is 0 Å². The Morgan fingerprint density at radius 2 is 1.65 bits per heavy atom. The lowest BCUT2D eigenvalue weighted by atomic mass is 9.92. The first-order chi connectivity index (χ1) is 17.8. The molecule has 0 fully saturated rings. The molecule has 4 aromatic rings. The summed E-state index contributed by atoms with van der Waals surface area (Å²) in [5, 5.41) is 3.93. The van der Waals surface area contributed by atoms with Gasteiger partial charge in [-0.3, -0.25) is 14.7 Å². The number of hydrogen-bond donors (Lipinski definition) is 2. The molecule has 0 aliphatic carbocycles. The minimum Gasteiger partial charge on any atom is -0.307 e. The predicted octanol–water partition coefficient (Wildman–Crippen LogP) is 7.07. The molecule has 0 saturated carbocycles. The Hall–Kier alpha value is -4.00. The highest BCUT2D eigenvalue weighted by Crippen LogP contribution is 2.35. The van der Waals surface area contributed by atoms with E-state index in [4.69, 9.17) is 0 Å². The lowest BCUT2D eigenvalue weighted by molar-refractivity contribution is 0.256. The number of rotatable bonds is 8. The number of carbonyl (C=O) groups is 1. The maximum atomic E-state index is 14.1. The van der Waals surface area contributed by atoms with Gasteiger partial charge < -0.3 is 10.3 Å². The number of carbonyl (C=O) groups excluding carboxylic acids is 1. The number of hydrogen-bond acceptors (Lipinski definition) is 4. The van der Waals surface area contributed by atoms with Crippen molar-refractivity contribution in [1.82, 2.24) is 15.0 Å². The number of nitrogens with zero attached hydrogens (tertiary/aromatic N) is 3. The largest absolute Gasteiger partial charge is 0.326 e. The van der Waals surface area contributed by atoms with Crippen molar-refractivity contribution in [3.63, 3.8) is 0 Å². The van der Waals surface area contributed by atoms with Gasteiger partial charge in [0.2, 0.25) is 0 Å². The number of unbranched alkanes of at least 4 members (excludes halogenated alkanes) is 1. The maximum Gasteiger partial charge on any atom is 0.326 e. The molecule has 37 heavy (non-hydrogen) atoms. The van der Waals surface area contributed by atoms with Crippen molar-refractivity contribution in [1.29, 1.82) is 0 Å². The Morgan fingerprint density at radius 1 is 0.946 bits per heavy atom. The van der Waals surface area contributed by atoms with E-state index in [2.05, 4.69) is 67.0 Å². The highest BCUT2D eigenvalue weighted by Gasteiger charge is 2.27. The van der Waals surface area contributed by atoms with Gasteiger partial charge in [-0.25, -0.2) is 9.78 Å². The molecular weight excluding hydrogens is 462 g/mol. The van der Waals surface area contributed by atoms with E-state index in [-0.39, 0.29) is 29.1 Å². The van der Waals surface area contributed by atoms with Gasteiger partial charge in [-0.05, 0) is 53.6 Å². The monoisotopic (exact) mass is 497 g/mol. The van der Waals surface area contributed by atoms with Crippen molar-refractivity contribution in [3.8, 4) is 11.3 Å². The molecule has 0 unspecified atom stereocenters. The Labute approximate surface area is 218 Å². The van der Waals surface area contributed by atoms with E-state index in [0.717, 1.165) is 35.0 Å². The van der Waals surface area contributed by atoms with Crippen molar-refractivity contribution in [2.75, 3.05) is 16.8 Å². The molecule has 1 aromatic carbocycles.